The van der Waals surface area contributed by atoms with Gasteiger partial charge in [-0.25, -0.2) is 9.59 Å². The first-order valence-corrected chi connectivity index (χ1v) is 15.8. The van der Waals surface area contributed by atoms with Crippen LogP contribution in [0.1, 0.15) is 131 Å². The number of esters is 1. The molecule has 1 aromatic carbocycles. The first-order chi connectivity index (χ1) is 19.9. The van der Waals surface area contributed by atoms with Crippen LogP contribution in [0.2, 0.25) is 0 Å². The maximum Gasteiger partial charge on any atom is 0.338 e. The fourth-order valence-corrected chi connectivity index (χ4v) is 6.41. The molecule has 42 heavy (non-hydrogen) atoms. The minimum Gasteiger partial charge on any atom is -0.460 e. The molecule has 1 aromatic rings. The number of carbonyl (C=O) groups excluding carboxylic acids is 4. The number of amides is 4. The lowest BCUT2D eigenvalue weighted by molar-refractivity contribution is -0.0331. The van der Waals surface area contributed by atoms with Crippen molar-refractivity contribution in [3.8, 4) is 0 Å². The molecule has 0 bridgehead atoms. The van der Waals surface area contributed by atoms with Crippen LogP contribution in [0.15, 0.2) is 18.2 Å². The van der Waals surface area contributed by atoms with Crippen LogP contribution in [0, 0.1) is 0 Å². The van der Waals surface area contributed by atoms with Crippen LogP contribution in [0.3, 0.4) is 0 Å². The quantitative estimate of drug-likeness (QED) is 0.144. The van der Waals surface area contributed by atoms with E-state index in [1.807, 2.05) is 37.5 Å². The van der Waals surface area contributed by atoms with Gasteiger partial charge in [-0.15, -0.1) is 0 Å². The van der Waals surface area contributed by atoms with E-state index in [-0.39, 0.29) is 35.7 Å². The average molecular weight is 586 g/mol. The van der Waals surface area contributed by atoms with E-state index in [1.165, 1.54) is 23.1 Å². The highest BCUT2D eigenvalue weighted by Gasteiger charge is 2.53. The summed E-state index contributed by atoms with van der Waals surface area (Å²) in [6, 6.07) is 4.17. The number of urea groups is 1. The molecule has 0 saturated carbocycles. The summed E-state index contributed by atoms with van der Waals surface area (Å²) in [6.45, 7) is 16.9. The zero-order chi connectivity index (χ0) is 31.1. The number of hydrogen-bond acceptors (Lipinski definition) is 6. The Morgan fingerprint density at radius 1 is 0.833 bits per heavy atom. The lowest BCUT2D eigenvalue weighted by Crippen LogP contribution is -2.68. The molecule has 3 rings (SSSR count). The van der Waals surface area contributed by atoms with E-state index >= 15 is 0 Å². The summed E-state index contributed by atoms with van der Waals surface area (Å²) in [7, 11) is 0. The first kappa shape index (κ1) is 33.6. The summed E-state index contributed by atoms with van der Waals surface area (Å²) in [5.74, 6) is -1.32. The van der Waals surface area contributed by atoms with E-state index in [0.29, 0.717) is 31.6 Å². The van der Waals surface area contributed by atoms with E-state index in [1.54, 1.807) is 0 Å². The van der Waals surface area contributed by atoms with Crippen molar-refractivity contribution >= 4 is 23.8 Å². The van der Waals surface area contributed by atoms with Gasteiger partial charge in [0.25, 0.3) is 11.8 Å². The Morgan fingerprint density at radius 3 is 1.98 bits per heavy atom. The summed E-state index contributed by atoms with van der Waals surface area (Å²) in [5.41, 5.74) is -0.453. The third kappa shape index (κ3) is 7.52. The lowest BCUT2D eigenvalue weighted by Gasteiger charge is -2.57. The summed E-state index contributed by atoms with van der Waals surface area (Å²) in [5, 5.41) is 0. The highest BCUT2D eigenvalue weighted by molar-refractivity contribution is 6.22. The number of carbonyl (C=O) groups is 4. The standard InChI is InChI=1S/C33H51N3O6/c1-8-11-16-34(17-12-9-2)31(40)36-32(4,5)22-25(23-33(36,6)7)35-28(37)26-15-14-24(21-27(26)29(35)38)30(39)42-20-19-41-18-13-10-3/h14-15,21,25H,8-13,16-20,22-23H2,1-7H3. The number of hydrogen-bond donors (Lipinski definition) is 0. The zero-order valence-electron chi connectivity index (χ0n) is 26.8. The van der Waals surface area contributed by atoms with Crippen LogP contribution in [0.4, 0.5) is 4.79 Å². The van der Waals surface area contributed by atoms with Crippen molar-refractivity contribution in [2.75, 3.05) is 32.9 Å². The summed E-state index contributed by atoms with van der Waals surface area (Å²) in [4.78, 5) is 59.1. The Morgan fingerprint density at radius 2 is 1.40 bits per heavy atom. The van der Waals surface area contributed by atoms with Gasteiger partial charge in [0.1, 0.15) is 6.61 Å². The molecule has 0 atom stereocenters. The fourth-order valence-electron chi connectivity index (χ4n) is 6.41. The Kier molecular flexibility index (Phi) is 11.6. The minimum absolute atomic E-state index is 0.0200. The Labute approximate surface area is 251 Å². The molecule has 0 aliphatic carbocycles. The maximum absolute atomic E-state index is 14.0. The minimum atomic E-state index is -0.594. The van der Waals surface area contributed by atoms with E-state index in [9.17, 15) is 19.2 Å². The predicted octanol–water partition coefficient (Wildman–Crippen LogP) is 6.30. The number of ether oxygens (including phenoxy) is 2. The molecule has 4 amide bonds. The Balaban J connectivity index is 1.75. The highest BCUT2D eigenvalue weighted by atomic mass is 16.6. The largest absolute Gasteiger partial charge is 0.460 e. The normalized spacial score (nSPS) is 17.9. The van der Waals surface area contributed by atoms with Crippen LogP contribution >= 0.6 is 0 Å². The molecule has 2 heterocycles. The van der Waals surface area contributed by atoms with Gasteiger partial charge < -0.3 is 19.3 Å². The van der Waals surface area contributed by atoms with Gasteiger partial charge in [0.05, 0.1) is 23.3 Å². The number of likely N-dealkylation sites (tertiary alicyclic amines) is 1. The van der Waals surface area contributed by atoms with Crippen LogP contribution in [0.25, 0.3) is 0 Å². The number of imide groups is 1. The fraction of sp³-hybridized carbons (Fsp3) is 0.697. The number of fused-ring (bicyclic) bond motifs is 1. The number of benzene rings is 1. The van der Waals surface area contributed by atoms with Crippen LogP contribution in [0.5, 0.6) is 0 Å². The number of unbranched alkanes of at least 4 members (excludes halogenated alkanes) is 3. The molecular formula is C33H51N3O6. The van der Waals surface area contributed by atoms with Crippen molar-refractivity contribution < 1.29 is 28.7 Å². The van der Waals surface area contributed by atoms with E-state index in [2.05, 4.69) is 20.8 Å². The molecule has 2 aliphatic rings. The average Bonchev–Trinajstić information content (AvgIpc) is 3.18. The third-order valence-corrected chi connectivity index (χ3v) is 8.33. The monoisotopic (exact) mass is 585 g/mol. The zero-order valence-corrected chi connectivity index (χ0v) is 26.8. The van der Waals surface area contributed by atoms with Crippen molar-refractivity contribution in [2.24, 2.45) is 0 Å². The smallest absolute Gasteiger partial charge is 0.338 e. The molecular weight excluding hydrogens is 534 g/mol. The lowest BCUT2D eigenvalue weighted by atomic mass is 9.76. The van der Waals surface area contributed by atoms with Crippen molar-refractivity contribution in [1.29, 1.82) is 0 Å². The van der Waals surface area contributed by atoms with Gasteiger partial charge in [0.15, 0.2) is 0 Å². The summed E-state index contributed by atoms with van der Waals surface area (Å²) < 4.78 is 10.8. The molecule has 2 aliphatic heterocycles. The Bertz CT molecular complexity index is 1100. The van der Waals surface area contributed by atoms with Gasteiger partial charge >= 0.3 is 12.0 Å². The second kappa shape index (κ2) is 14.5. The second-order valence-corrected chi connectivity index (χ2v) is 12.8. The molecule has 1 saturated heterocycles. The van der Waals surface area contributed by atoms with Crippen LogP contribution in [-0.2, 0) is 9.47 Å². The summed E-state index contributed by atoms with van der Waals surface area (Å²) >= 11 is 0. The van der Waals surface area contributed by atoms with Gasteiger partial charge in [0.2, 0.25) is 0 Å². The van der Waals surface area contributed by atoms with Crippen molar-refractivity contribution in [3.05, 3.63) is 34.9 Å². The first-order valence-electron chi connectivity index (χ1n) is 15.8. The van der Waals surface area contributed by atoms with Crippen molar-refractivity contribution in [3.63, 3.8) is 0 Å². The van der Waals surface area contributed by atoms with E-state index in [0.717, 1.165) is 51.6 Å². The molecule has 1 fully saturated rings. The molecule has 9 nitrogen and oxygen atoms in total. The van der Waals surface area contributed by atoms with E-state index < -0.39 is 23.0 Å². The molecule has 0 radical (unpaired) electrons. The Hall–Kier alpha value is -2.94. The maximum atomic E-state index is 14.0. The summed E-state index contributed by atoms with van der Waals surface area (Å²) in [6.07, 6.45) is 6.84. The molecule has 0 aromatic heterocycles. The predicted molar refractivity (Wildman–Crippen MR) is 163 cm³/mol. The highest BCUT2D eigenvalue weighted by Crippen LogP contribution is 2.43. The number of rotatable bonds is 14. The van der Waals surface area contributed by atoms with Crippen molar-refractivity contribution in [2.45, 2.75) is 117 Å². The van der Waals surface area contributed by atoms with Gasteiger partial charge in [0, 0.05) is 36.8 Å². The molecule has 9 heteroatoms. The van der Waals surface area contributed by atoms with Gasteiger partial charge in [-0.3, -0.25) is 14.5 Å². The van der Waals surface area contributed by atoms with E-state index in [4.69, 9.17) is 9.47 Å². The van der Waals surface area contributed by atoms with Gasteiger partial charge in [-0.1, -0.05) is 40.0 Å². The number of piperidine rings is 1. The topological polar surface area (TPSA) is 96.5 Å². The third-order valence-electron chi connectivity index (χ3n) is 8.33. The van der Waals surface area contributed by atoms with Gasteiger partial charge in [-0.05, 0) is 78.0 Å². The van der Waals surface area contributed by atoms with Crippen LogP contribution in [-0.4, -0.2) is 88.5 Å². The molecule has 0 unspecified atom stereocenters. The van der Waals surface area contributed by atoms with Gasteiger partial charge in [-0.2, -0.15) is 0 Å². The second-order valence-electron chi connectivity index (χ2n) is 12.8. The SMILES string of the molecule is CCCCOCCOC(=O)c1ccc2c(c1)C(=O)N(C1CC(C)(C)N(C(=O)N(CCCC)CCCC)C(C)(C)C1)C2=O. The van der Waals surface area contributed by atoms with Crippen LogP contribution < -0.4 is 0 Å². The van der Waals surface area contributed by atoms with Crippen molar-refractivity contribution in [1.82, 2.24) is 14.7 Å². The molecule has 0 spiro atoms. The number of nitrogens with zero attached hydrogens (tertiary/aromatic N) is 3. The molecule has 234 valence electrons. The molecule has 0 N–H and O–H groups in total.